The predicted molar refractivity (Wildman–Crippen MR) is 92.8 cm³/mol. The lowest BCUT2D eigenvalue weighted by Gasteiger charge is -2.09. The topological polar surface area (TPSA) is 43.8 Å². The van der Waals surface area contributed by atoms with E-state index < -0.39 is 0 Å². The van der Waals surface area contributed by atoms with E-state index in [-0.39, 0.29) is 0 Å². The second-order valence-corrected chi connectivity index (χ2v) is 5.77. The van der Waals surface area contributed by atoms with Crippen molar-refractivity contribution in [1.82, 2.24) is 9.55 Å². The third-order valence-electron chi connectivity index (χ3n) is 3.80. The summed E-state index contributed by atoms with van der Waals surface area (Å²) < 4.78 is 2.23. The molecule has 0 bridgehead atoms. The number of rotatable bonds is 5. The monoisotopic (exact) mass is 291 g/mol. The van der Waals surface area contributed by atoms with Gasteiger partial charge >= 0.3 is 0 Å². The average molecular weight is 291 g/mol. The summed E-state index contributed by atoms with van der Waals surface area (Å²) in [6.07, 6.45) is 1.87. The van der Waals surface area contributed by atoms with E-state index in [1.54, 1.807) is 0 Å². The lowest BCUT2D eigenvalue weighted by atomic mass is 10.1. The molecular formula is C19H21N3. The summed E-state index contributed by atoms with van der Waals surface area (Å²) in [5, 5.41) is 0. The van der Waals surface area contributed by atoms with E-state index in [0.29, 0.717) is 0 Å². The number of nitrogen functional groups attached to an aromatic ring is 1. The molecule has 0 fully saturated rings. The Labute approximate surface area is 131 Å². The number of benzene rings is 2. The van der Waals surface area contributed by atoms with Gasteiger partial charge in [-0.25, -0.2) is 4.98 Å². The van der Waals surface area contributed by atoms with Crippen LogP contribution in [0.1, 0.15) is 18.3 Å². The molecule has 0 radical (unpaired) electrons. The molecule has 0 aliphatic rings. The van der Waals surface area contributed by atoms with Crippen LogP contribution in [0, 0.1) is 0 Å². The normalized spacial score (nSPS) is 11.0. The maximum Gasteiger partial charge on any atom is 0.112 e. The molecule has 0 atom stereocenters. The Kier molecular flexibility index (Phi) is 3.96. The van der Waals surface area contributed by atoms with E-state index in [2.05, 4.69) is 41.5 Å². The zero-order chi connectivity index (χ0) is 15.5. The molecule has 0 spiro atoms. The number of aryl methyl sites for hydroxylation is 2. The SMILES string of the molecule is C=C(C)Cn1c(CCc2ccccc2)nc2c(N)cccc21. The Balaban J connectivity index is 1.96. The van der Waals surface area contributed by atoms with Crippen molar-refractivity contribution in [3.63, 3.8) is 0 Å². The Bertz CT molecular complexity index is 800. The minimum atomic E-state index is 0.735. The fraction of sp³-hybridized carbons (Fsp3) is 0.211. The van der Waals surface area contributed by atoms with E-state index in [0.717, 1.165) is 47.5 Å². The molecule has 112 valence electrons. The lowest BCUT2D eigenvalue weighted by molar-refractivity contribution is 0.723. The summed E-state index contributed by atoms with van der Waals surface area (Å²) in [6.45, 7) is 6.86. The second-order valence-electron chi connectivity index (χ2n) is 5.77. The average Bonchev–Trinajstić information content (AvgIpc) is 2.85. The first kappa shape index (κ1) is 14.4. The maximum absolute atomic E-state index is 6.08. The number of nitrogens with two attached hydrogens (primary N) is 1. The van der Waals surface area contributed by atoms with Crippen molar-refractivity contribution in [2.75, 3.05) is 5.73 Å². The molecule has 0 aliphatic heterocycles. The minimum Gasteiger partial charge on any atom is -0.397 e. The van der Waals surface area contributed by atoms with Gasteiger partial charge < -0.3 is 10.3 Å². The number of allylic oxidation sites excluding steroid dienone is 1. The molecule has 2 aromatic carbocycles. The predicted octanol–water partition coefficient (Wildman–Crippen LogP) is 3.98. The molecular weight excluding hydrogens is 270 g/mol. The summed E-state index contributed by atoms with van der Waals surface area (Å²) >= 11 is 0. The van der Waals surface area contributed by atoms with Gasteiger partial charge in [-0.15, -0.1) is 0 Å². The van der Waals surface area contributed by atoms with Gasteiger partial charge in [0.2, 0.25) is 0 Å². The van der Waals surface area contributed by atoms with Crippen molar-refractivity contribution in [1.29, 1.82) is 0 Å². The van der Waals surface area contributed by atoms with Crippen molar-refractivity contribution in [3.8, 4) is 0 Å². The summed E-state index contributed by atoms with van der Waals surface area (Å²) in [4.78, 5) is 4.78. The molecule has 0 saturated heterocycles. The molecule has 3 nitrogen and oxygen atoms in total. The number of hydrogen-bond acceptors (Lipinski definition) is 2. The van der Waals surface area contributed by atoms with Crippen molar-refractivity contribution in [2.24, 2.45) is 0 Å². The molecule has 0 aliphatic carbocycles. The van der Waals surface area contributed by atoms with Gasteiger partial charge in [-0.2, -0.15) is 0 Å². The lowest BCUT2D eigenvalue weighted by Crippen LogP contribution is -2.06. The zero-order valence-corrected chi connectivity index (χ0v) is 12.9. The molecule has 3 rings (SSSR count). The Morgan fingerprint density at radius 1 is 1.09 bits per heavy atom. The van der Waals surface area contributed by atoms with Gasteiger partial charge in [0.05, 0.1) is 11.2 Å². The maximum atomic E-state index is 6.08. The first-order valence-corrected chi connectivity index (χ1v) is 7.57. The van der Waals surface area contributed by atoms with Crippen LogP contribution in [0.15, 0.2) is 60.7 Å². The molecule has 2 N–H and O–H groups in total. The van der Waals surface area contributed by atoms with E-state index in [4.69, 9.17) is 10.7 Å². The molecule has 22 heavy (non-hydrogen) atoms. The standard InChI is InChI=1S/C19H21N3/c1-14(2)13-22-17-10-6-9-16(20)19(17)21-18(22)12-11-15-7-4-3-5-8-15/h3-10H,1,11-13,20H2,2H3. The molecule has 1 heterocycles. The summed E-state index contributed by atoms with van der Waals surface area (Å²) in [5.41, 5.74) is 11.2. The van der Waals surface area contributed by atoms with Crippen LogP contribution in [0.4, 0.5) is 5.69 Å². The van der Waals surface area contributed by atoms with Gasteiger partial charge in [-0.1, -0.05) is 48.6 Å². The van der Waals surface area contributed by atoms with E-state index in [1.165, 1.54) is 5.56 Å². The third kappa shape index (κ3) is 2.89. The molecule has 3 heteroatoms. The molecule has 0 unspecified atom stereocenters. The van der Waals surface area contributed by atoms with Crippen LogP contribution in [0.5, 0.6) is 0 Å². The molecule has 0 saturated carbocycles. The van der Waals surface area contributed by atoms with Gasteiger partial charge in [0, 0.05) is 13.0 Å². The quantitative estimate of drug-likeness (QED) is 0.571. The van der Waals surface area contributed by atoms with E-state index in [9.17, 15) is 0 Å². The van der Waals surface area contributed by atoms with Crippen molar-refractivity contribution in [2.45, 2.75) is 26.3 Å². The Hall–Kier alpha value is -2.55. The van der Waals surface area contributed by atoms with Crippen LogP contribution >= 0.6 is 0 Å². The zero-order valence-electron chi connectivity index (χ0n) is 12.9. The van der Waals surface area contributed by atoms with Crippen molar-refractivity contribution < 1.29 is 0 Å². The Morgan fingerprint density at radius 2 is 1.86 bits per heavy atom. The Morgan fingerprint density at radius 3 is 2.59 bits per heavy atom. The smallest absolute Gasteiger partial charge is 0.112 e. The fourth-order valence-electron chi connectivity index (χ4n) is 2.75. The number of nitrogens with zero attached hydrogens (tertiary/aromatic N) is 2. The number of aromatic nitrogens is 2. The first-order chi connectivity index (χ1) is 10.6. The number of fused-ring (bicyclic) bond motifs is 1. The number of para-hydroxylation sites is 1. The van der Waals surface area contributed by atoms with Gasteiger partial charge in [0.15, 0.2) is 0 Å². The fourth-order valence-corrected chi connectivity index (χ4v) is 2.75. The van der Waals surface area contributed by atoms with Crippen LogP contribution in [0.2, 0.25) is 0 Å². The first-order valence-electron chi connectivity index (χ1n) is 7.57. The van der Waals surface area contributed by atoms with Crippen LogP contribution in [-0.4, -0.2) is 9.55 Å². The van der Waals surface area contributed by atoms with Gasteiger partial charge in [0.25, 0.3) is 0 Å². The highest BCUT2D eigenvalue weighted by Crippen LogP contribution is 2.23. The van der Waals surface area contributed by atoms with Crippen molar-refractivity contribution >= 4 is 16.7 Å². The molecule has 1 aromatic heterocycles. The highest BCUT2D eigenvalue weighted by atomic mass is 15.1. The van der Waals surface area contributed by atoms with Gasteiger partial charge in [0.1, 0.15) is 11.3 Å². The summed E-state index contributed by atoms with van der Waals surface area (Å²) in [7, 11) is 0. The van der Waals surface area contributed by atoms with Gasteiger partial charge in [-0.3, -0.25) is 0 Å². The van der Waals surface area contributed by atoms with Gasteiger partial charge in [-0.05, 0) is 31.0 Å². The number of imidazole rings is 1. The highest BCUT2D eigenvalue weighted by molar-refractivity contribution is 5.87. The van der Waals surface area contributed by atoms with Crippen LogP contribution in [-0.2, 0) is 19.4 Å². The summed E-state index contributed by atoms with van der Waals surface area (Å²) in [6, 6.07) is 16.5. The highest BCUT2D eigenvalue weighted by Gasteiger charge is 2.12. The van der Waals surface area contributed by atoms with E-state index >= 15 is 0 Å². The van der Waals surface area contributed by atoms with E-state index in [1.807, 2.05) is 25.1 Å². The third-order valence-corrected chi connectivity index (χ3v) is 3.80. The number of hydrogen-bond donors (Lipinski definition) is 1. The van der Waals surface area contributed by atoms with Crippen LogP contribution < -0.4 is 5.73 Å². The van der Waals surface area contributed by atoms with Crippen LogP contribution in [0.3, 0.4) is 0 Å². The second kappa shape index (κ2) is 6.06. The molecule has 3 aromatic rings. The number of anilines is 1. The minimum absolute atomic E-state index is 0.735. The largest absolute Gasteiger partial charge is 0.397 e. The summed E-state index contributed by atoms with van der Waals surface area (Å²) in [5.74, 6) is 1.07. The molecule has 0 amide bonds. The van der Waals surface area contributed by atoms with Crippen LogP contribution in [0.25, 0.3) is 11.0 Å². The van der Waals surface area contributed by atoms with Crippen molar-refractivity contribution in [3.05, 3.63) is 72.1 Å².